The normalized spacial score (nSPS) is 10.8. The third-order valence-electron chi connectivity index (χ3n) is 5.67. The molecule has 0 spiro atoms. The number of fused-ring (bicyclic) bond motifs is 2. The molecule has 174 valence electrons. The molecule has 5 rings (SSSR count). The molecule has 2 heterocycles. The number of pyridine rings is 1. The molecule has 0 radical (unpaired) electrons. The van der Waals surface area contributed by atoms with E-state index >= 15 is 0 Å². The van der Waals surface area contributed by atoms with Gasteiger partial charge >= 0.3 is 0 Å². The Labute approximate surface area is 202 Å². The summed E-state index contributed by atoms with van der Waals surface area (Å²) < 4.78 is 10.9. The molecule has 0 saturated heterocycles. The Morgan fingerprint density at radius 2 is 1.66 bits per heavy atom. The number of carbonyl (C=O) groups excluding carboxylic acids is 1. The lowest BCUT2D eigenvalue weighted by Crippen LogP contribution is -2.12. The molecule has 0 aliphatic carbocycles. The van der Waals surface area contributed by atoms with E-state index in [-0.39, 0.29) is 5.91 Å². The van der Waals surface area contributed by atoms with Gasteiger partial charge in [0.2, 0.25) is 5.95 Å². The van der Waals surface area contributed by atoms with E-state index in [0.29, 0.717) is 39.9 Å². The van der Waals surface area contributed by atoms with Crippen LogP contribution in [-0.4, -0.2) is 42.1 Å². The van der Waals surface area contributed by atoms with E-state index in [9.17, 15) is 4.79 Å². The average molecular weight is 466 g/mol. The van der Waals surface area contributed by atoms with E-state index in [1.54, 1.807) is 27.5 Å². The van der Waals surface area contributed by atoms with Crippen LogP contribution in [-0.2, 0) is 0 Å². The first-order chi connectivity index (χ1) is 17.1. The molecule has 0 aliphatic heterocycles. The first-order valence-electron chi connectivity index (χ1n) is 11.0. The van der Waals surface area contributed by atoms with E-state index in [1.807, 2.05) is 66.7 Å². The van der Waals surface area contributed by atoms with Gasteiger partial charge in [0, 0.05) is 41.3 Å². The topological polar surface area (TPSA) is 98.3 Å². The summed E-state index contributed by atoms with van der Waals surface area (Å²) in [4.78, 5) is 26.6. The number of para-hydroxylation sites is 1. The summed E-state index contributed by atoms with van der Waals surface area (Å²) in [5, 5.41) is 7.68. The van der Waals surface area contributed by atoms with Crippen LogP contribution in [0.25, 0.3) is 33.1 Å². The Bertz CT molecular complexity index is 1570. The number of hydrogen-bond acceptors (Lipinski definition) is 7. The predicted molar refractivity (Wildman–Crippen MR) is 137 cm³/mol. The molecule has 0 bridgehead atoms. The summed E-state index contributed by atoms with van der Waals surface area (Å²) >= 11 is 0. The van der Waals surface area contributed by atoms with Crippen LogP contribution in [0.3, 0.4) is 0 Å². The van der Waals surface area contributed by atoms with Crippen molar-refractivity contribution in [2.24, 2.45) is 0 Å². The highest BCUT2D eigenvalue weighted by Gasteiger charge is 2.15. The van der Waals surface area contributed by atoms with Crippen LogP contribution in [0, 0.1) is 0 Å². The minimum atomic E-state index is -0.240. The lowest BCUT2D eigenvalue weighted by atomic mass is 10.0. The second-order valence-electron chi connectivity index (χ2n) is 7.82. The lowest BCUT2D eigenvalue weighted by molar-refractivity contribution is 0.102. The van der Waals surface area contributed by atoms with Gasteiger partial charge in [-0.05, 0) is 30.3 Å². The molecule has 0 fully saturated rings. The molecule has 0 saturated carbocycles. The summed E-state index contributed by atoms with van der Waals surface area (Å²) in [5.41, 5.74) is 4.18. The number of hydrogen-bond donors (Lipinski definition) is 2. The number of nitrogens with zero attached hydrogens (tertiary/aromatic N) is 3. The van der Waals surface area contributed by atoms with Crippen LogP contribution in [0.15, 0.2) is 72.9 Å². The largest absolute Gasteiger partial charge is 0.493 e. The zero-order chi connectivity index (χ0) is 24.4. The fourth-order valence-corrected chi connectivity index (χ4v) is 3.93. The number of rotatable bonds is 6. The van der Waals surface area contributed by atoms with Crippen molar-refractivity contribution in [2.45, 2.75) is 0 Å². The highest BCUT2D eigenvalue weighted by Crippen LogP contribution is 2.36. The van der Waals surface area contributed by atoms with Gasteiger partial charge in [-0.2, -0.15) is 0 Å². The van der Waals surface area contributed by atoms with Gasteiger partial charge in [-0.1, -0.05) is 30.3 Å². The summed E-state index contributed by atoms with van der Waals surface area (Å²) in [7, 11) is 4.94. The van der Waals surface area contributed by atoms with Crippen LogP contribution in [0.2, 0.25) is 0 Å². The summed E-state index contributed by atoms with van der Waals surface area (Å²) in [5.74, 6) is 1.39. The standard InChI is InChI=1S/C27H23N5O3/c1-28-27-31-22-14-24(35-3)23(34-2)13-20(22)25(32-27)17-8-6-9-19(12-17)30-26(33)18-11-16-7-4-5-10-21(16)29-15-18/h4-15H,1-3H3,(H,30,33)(H,28,31,32). The van der Waals surface area contributed by atoms with Gasteiger partial charge in [0.1, 0.15) is 0 Å². The van der Waals surface area contributed by atoms with Crippen molar-refractivity contribution in [3.63, 3.8) is 0 Å². The lowest BCUT2D eigenvalue weighted by Gasteiger charge is -2.13. The quantitative estimate of drug-likeness (QED) is 0.358. The van der Waals surface area contributed by atoms with E-state index < -0.39 is 0 Å². The molecule has 0 unspecified atom stereocenters. The molecule has 0 aliphatic rings. The van der Waals surface area contributed by atoms with Crippen LogP contribution < -0.4 is 20.1 Å². The second-order valence-corrected chi connectivity index (χ2v) is 7.82. The highest BCUT2D eigenvalue weighted by molar-refractivity contribution is 6.06. The molecule has 5 aromatic rings. The molecular weight excluding hydrogens is 442 g/mol. The van der Waals surface area contributed by atoms with Crippen LogP contribution in [0.5, 0.6) is 11.5 Å². The molecule has 0 atom stereocenters. The minimum Gasteiger partial charge on any atom is -0.493 e. The Morgan fingerprint density at radius 3 is 2.46 bits per heavy atom. The van der Waals surface area contributed by atoms with Crippen molar-refractivity contribution in [3.05, 3.63) is 78.5 Å². The smallest absolute Gasteiger partial charge is 0.257 e. The fraction of sp³-hybridized carbons (Fsp3) is 0.111. The van der Waals surface area contributed by atoms with Crippen molar-refractivity contribution in [1.29, 1.82) is 0 Å². The Morgan fingerprint density at radius 1 is 0.857 bits per heavy atom. The third kappa shape index (κ3) is 4.29. The number of anilines is 2. The van der Waals surface area contributed by atoms with Gasteiger partial charge in [-0.3, -0.25) is 9.78 Å². The van der Waals surface area contributed by atoms with E-state index in [2.05, 4.69) is 20.6 Å². The molecule has 8 heteroatoms. The van der Waals surface area contributed by atoms with Crippen molar-refractivity contribution in [1.82, 2.24) is 15.0 Å². The number of amides is 1. The first-order valence-corrected chi connectivity index (χ1v) is 11.0. The first kappa shape index (κ1) is 22.1. The Kier molecular flexibility index (Phi) is 5.85. The van der Waals surface area contributed by atoms with E-state index in [4.69, 9.17) is 14.5 Å². The zero-order valence-corrected chi connectivity index (χ0v) is 19.5. The maximum atomic E-state index is 13.0. The third-order valence-corrected chi connectivity index (χ3v) is 5.67. The van der Waals surface area contributed by atoms with Crippen molar-refractivity contribution in [3.8, 4) is 22.8 Å². The fourth-order valence-electron chi connectivity index (χ4n) is 3.93. The van der Waals surface area contributed by atoms with Gasteiger partial charge in [-0.15, -0.1) is 0 Å². The number of benzene rings is 3. The predicted octanol–water partition coefficient (Wildman–Crippen LogP) is 5.16. The van der Waals surface area contributed by atoms with Crippen LogP contribution in [0.4, 0.5) is 11.6 Å². The molecule has 3 aromatic carbocycles. The SMILES string of the molecule is CNc1nc(-c2cccc(NC(=O)c3cnc4ccccc4c3)c2)c2cc(OC)c(OC)cc2n1. The average Bonchev–Trinajstić information content (AvgIpc) is 2.91. The monoisotopic (exact) mass is 465 g/mol. The van der Waals surface area contributed by atoms with Gasteiger partial charge in [0.25, 0.3) is 5.91 Å². The number of aromatic nitrogens is 3. The minimum absolute atomic E-state index is 0.240. The molecular formula is C27H23N5O3. The van der Waals surface area contributed by atoms with Gasteiger partial charge in [-0.25, -0.2) is 9.97 Å². The van der Waals surface area contributed by atoms with Crippen molar-refractivity contribution < 1.29 is 14.3 Å². The number of methoxy groups -OCH3 is 2. The van der Waals surface area contributed by atoms with Gasteiger partial charge in [0.05, 0.1) is 36.5 Å². The van der Waals surface area contributed by atoms with Gasteiger partial charge in [0.15, 0.2) is 11.5 Å². The molecule has 2 aromatic heterocycles. The summed E-state index contributed by atoms with van der Waals surface area (Å²) in [6, 6.07) is 20.7. The molecule has 2 N–H and O–H groups in total. The molecule has 8 nitrogen and oxygen atoms in total. The van der Waals surface area contributed by atoms with Crippen LogP contribution >= 0.6 is 0 Å². The second kappa shape index (κ2) is 9.26. The number of carbonyl (C=O) groups is 1. The van der Waals surface area contributed by atoms with E-state index in [1.165, 1.54) is 0 Å². The summed E-state index contributed by atoms with van der Waals surface area (Å²) in [6.45, 7) is 0. The number of nitrogens with one attached hydrogen (secondary N) is 2. The Balaban J connectivity index is 1.53. The highest BCUT2D eigenvalue weighted by atomic mass is 16.5. The zero-order valence-electron chi connectivity index (χ0n) is 19.5. The van der Waals surface area contributed by atoms with Crippen LogP contribution in [0.1, 0.15) is 10.4 Å². The van der Waals surface area contributed by atoms with Crippen molar-refractivity contribution >= 4 is 39.3 Å². The summed E-state index contributed by atoms with van der Waals surface area (Å²) in [6.07, 6.45) is 1.58. The Hall–Kier alpha value is -4.72. The molecule has 35 heavy (non-hydrogen) atoms. The number of ether oxygens (including phenoxy) is 2. The maximum Gasteiger partial charge on any atom is 0.257 e. The van der Waals surface area contributed by atoms with Gasteiger partial charge < -0.3 is 20.1 Å². The molecule has 1 amide bonds. The maximum absolute atomic E-state index is 13.0. The van der Waals surface area contributed by atoms with E-state index in [0.717, 1.165) is 21.9 Å². The van der Waals surface area contributed by atoms with Crippen molar-refractivity contribution in [2.75, 3.05) is 31.9 Å².